The standard InChI is InChI=1S/C9H14N2S/c1-2-4-11(5-3-1)7-9-6-10-8-12-9/h6,8H,1-5,7H2. The molecule has 0 radical (unpaired) electrons. The Morgan fingerprint density at radius 2 is 2.17 bits per heavy atom. The molecule has 3 heteroatoms. The van der Waals surface area contributed by atoms with E-state index >= 15 is 0 Å². The van der Waals surface area contributed by atoms with Gasteiger partial charge in [-0.1, -0.05) is 6.42 Å². The zero-order valence-corrected chi connectivity index (χ0v) is 8.02. The van der Waals surface area contributed by atoms with Gasteiger partial charge in [-0.2, -0.15) is 0 Å². The molecule has 0 atom stereocenters. The largest absolute Gasteiger partial charge is 0.298 e. The minimum absolute atomic E-state index is 1.12. The first-order valence-corrected chi connectivity index (χ1v) is 5.43. The molecule has 0 aliphatic carbocycles. The summed E-state index contributed by atoms with van der Waals surface area (Å²) in [6, 6.07) is 0. The van der Waals surface area contributed by atoms with Crippen molar-refractivity contribution in [2.45, 2.75) is 25.8 Å². The van der Waals surface area contributed by atoms with Crippen molar-refractivity contribution in [2.75, 3.05) is 13.1 Å². The fourth-order valence-electron chi connectivity index (χ4n) is 1.66. The second kappa shape index (κ2) is 4.01. The Labute approximate surface area is 77.2 Å². The lowest BCUT2D eigenvalue weighted by Crippen LogP contribution is -2.28. The molecule has 0 N–H and O–H groups in total. The quantitative estimate of drug-likeness (QED) is 0.696. The van der Waals surface area contributed by atoms with Crippen LogP contribution in [0, 0.1) is 0 Å². The van der Waals surface area contributed by atoms with E-state index in [4.69, 9.17) is 0 Å². The predicted molar refractivity (Wildman–Crippen MR) is 51.2 cm³/mol. The Morgan fingerprint density at radius 3 is 2.83 bits per heavy atom. The van der Waals surface area contributed by atoms with Crippen LogP contribution in [0.3, 0.4) is 0 Å². The van der Waals surface area contributed by atoms with Crippen LogP contribution in [0.4, 0.5) is 0 Å². The van der Waals surface area contributed by atoms with Gasteiger partial charge in [-0.3, -0.25) is 9.88 Å². The average Bonchev–Trinajstić information content (AvgIpc) is 2.59. The summed E-state index contributed by atoms with van der Waals surface area (Å²) in [6.45, 7) is 3.67. The fraction of sp³-hybridized carbons (Fsp3) is 0.667. The zero-order chi connectivity index (χ0) is 8.23. The Hall–Kier alpha value is -0.410. The normalized spacial score (nSPS) is 19.7. The lowest BCUT2D eigenvalue weighted by molar-refractivity contribution is 0.222. The van der Waals surface area contributed by atoms with Crippen LogP contribution in [0.15, 0.2) is 11.7 Å². The molecule has 1 aliphatic rings. The van der Waals surface area contributed by atoms with Crippen molar-refractivity contribution in [3.8, 4) is 0 Å². The molecule has 0 unspecified atom stereocenters. The third kappa shape index (κ3) is 2.05. The molecule has 1 aliphatic heterocycles. The fourth-order valence-corrected chi connectivity index (χ4v) is 2.29. The molecular weight excluding hydrogens is 168 g/mol. The van der Waals surface area contributed by atoms with Gasteiger partial charge in [-0.25, -0.2) is 0 Å². The highest BCUT2D eigenvalue weighted by atomic mass is 32.1. The second-order valence-electron chi connectivity index (χ2n) is 3.30. The SMILES string of the molecule is c1ncc(CN2CCCCC2)s1. The van der Waals surface area contributed by atoms with Crippen LogP contribution in [0.2, 0.25) is 0 Å². The van der Waals surface area contributed by atoms with E-state index in [1.807, 2.05) is 11.7 Å². The summed E-state index contributed by atoms with van der Waals surface area (Å²) in [5, 5.41) is 0. The van der Waals surface area contributed by atoms with E-state index in [2.05, 4.69) is 9.88 Å². The molecule has 0 amide bonds. The van der Waals surface area contributed by atoms with Gasteiger partial charge in [0, 0.05) is 17.6 Å². The maximum atomic E-state index is 4.08. The van der Waals surface area contributed by atoms with Gasteiger partial charge >= 0.3 is 0 Å². The molecule has 1 fully saturated rings. The molecule has 0 bridgehead atoms. The van der Waals surface area contributed by atoms with E-state index in [1.54, 1.807) is 11.3 Å². The van der Waals surface area contributed by atoms with Crippen LogP contribution >= 0.6 is 11.3 Å². The van der Waals surface area contributed by atoms with Gasteiger partial charge in [-0.05, 0) is 25.9 Å². The van der Waals surface area contributed by atoms with Crippen molar-refractivity contribution in [2.24, 2.45) is 0 Å². The maximum Gasteiger partial charge on any atom is 0.0794 e. The van der Waals surface area contributed by atoms with Crippen molar-refractivity contribution >= 4 is 11.3 Å². The minimum Gasteiger partial charge on any atom is -0.298 e. The number of thiazole rings is 1. The van der Waals surface area contributed by atoms with E-state index < -0.39 is 0 Å². The number of hydrogen-bond donors (Lipinski definition) is 0. The molecule has 1 saturated heterocycles. The van der Waals surface area contributed by atoms with Crippen LogP contribution in [0.25, 0.3) is 0 Å². The molecule has 0 aromatic carbocycles. The molecule has 1 aromatic rings. The highest BCUT2D eigenvalue weighted by Crippen LogP contribution is 2.14. The van der Waals surface area contributed by atoms with Crippen molar-refractivity contribution < 1.29 is 0 Å². The molecular formula is C9H14N2S. The molecule has 2 rings (SSSR count). The maximum absolute atomic E-state index is 4.08. The number of rotatable bonds is 2. The van der Waals surface area contributed by atoms with Gasteiger partial charge in [-0.15, -0.1) is 11.3 Å². The summed E-state index contributed by atoms with van der Waals surface area (Å²) >= 11 is 1.76. The van der Waals surface area contributed by atoms with Gasteiger partial charge in [0.05, 0.1) is 5.51 Å². The number of likely N-dealkylation sites (tertiary alicyclic amines) is 1. The number of aromatic nitrogens is 1. The lowest BCUT2D eigenvalue weighted by atomic mass is 10.1. The molecule has 1 aromatic heterocycles. The first-order chi connectivity index (χ1) is 5.95. The number of piperidine rings is 1. The number of nitrogens with zero attached hydrogens (tertiary/aromatic N) is 2. The third-order valence-electron chi connectivity index (χ3n) is 2.31. The highest BCUT2D eigenvalue weighted by Gasteiger charge is 2.10. The Balaban J connectivity index is 1.86. The van der Waals surface area contributed by atoms with Crippen LogP contribution in [-0.4, -0.2) is 23.0 Å². The van der Waals surface area contributed by atoms with Crippen LogP contribution < -0.4 is 0 Å². The van der Waals surface area contributed by atoms with Gasteiger partial charge in [0.15, 0.2) is 0 Å². The van der Waals surface area contributed by atoms with E-state index in [9.17, 15) is 0 Å². The lowest BCUT2D eigenvalue weighted by Gasteiger charge is -2.25. The van der Waals surface area contributed by atoms with Crippen LogP contribution in [0.1, 0.15) is 24.1 Å². The van der Waals surface area contributed by atoms with Crippen molar-refractivity contribution in [3.05, 3.63) is 16.6 Å². The first kappa shape index (κ1) is 8.20. The Kier molecular flexibility index (Phi) is 2.74. The minimum atomic E-state index is 1.12. The van der Waals surface area contributed by atoms with Crippen molar-refractivity contribution in [1.29, 1.82) is 0 Å². The van der Waals surface area contributed by atoms with Crippen molar-refractivity contribution in [3.63, 3.8) is 0 Å². The summed E-state index contributed by atoms with van der Waals surface area (Å²) in [4.78, 5) is 8.00. The molecule has 0 spiro atoms. The summed E-state index contributed by atoms with van der Waals surface area (Å²) in [6.07, 6.45) is 6.15. The van der Waals surface area contributed by atoms with Crippen molar-refractivity contribution in [1.82, 2.24) is 9.88 Å². The molecule has 2 heterocycles. The van der Waals surface area contributed by atoms with Gasteiger partial charge < -0.3 is 0 Å². The monoisotopic (exact) mass is 182 g/mol. The summed E-state index contributed by atoms with van der Waals surface area (Å²) < 4.78 is 0. The summed E-state index contributed by atoms with van der Waals surface area (Å²) in [7, 11) is 0. The zero-order valence-electron chi connectivity index (χ0n) is 7.20. The summed E-state index contributed by atoms with van der Waals surface area (Å²) in [5.41, 5.74) is 1.92. The predicted octanol–water partition coefficient (Wildman–Crippen LogP) is 2.13. The smallest absolute Gasteiger partial charge is 0.0794 e. The molecule has 66 valence electrons. The second-order valence-corrected chi connectivity index (χ2v) is 4.28. The van der Waals surface area contributed by atoms with Crippen LogP contribution in [0.5, 0.6) is 0 Å². The molecule has 0 saturated carbocycles. The molecule has 2 nitrogen and oxygen atoms in total. The Morgan fingerprint density at radius 1 is 1.33 bits per heavy atom. The summed E-state index contributed by atoms with van der Waals surface area (Å²) in [5.74, 6) is 0. The van der Waals surface area contributed by atoms with E-state index in [-0.39, 0.29) is 0 Å². The van der Waals surface area contributed by atoms with E-state index in [0.29, 0.717) is 0 Å². The average molecular weight is 182 g/mol. The Bertz CT molecular complexity index is 214. The third-order valence-corrected chi connectivity index (χ3v) is 3.08. The first-order valence-electron chi connectivity index (χ1n) is 4.55. The van der Waals surface area contributed by atoms with E-state index in [1.165, 1.54) is 37.2 Å². The topological polar surface area (TPSA) is 16.1 Å². The van der Waals surface area contributed by atoms with Gasteiger partial charge in [0.2, 0.25) is 0 Å². The molecule has 12 heavy (non-hydrogen) atoms. The number of hydrogen-bond acceptors (Lipinski definition) is 3. The highest BCUT2D eigenvalue weighted by molar-refractivity contribution is 7.09. The van der Waals surface area contributed by atoms with E-state index in [0.717, 1.165) is 6.54 Å². The van der Waals surface area contributed by atoms with Gasteiger partial charge in [0.25, 0.3) is 0 Å². The van der Waals surface area contributed by atoms with Gasteiger partial charge in [0.1, 0.15) is 0 Å². The van der Waals surface area contributed by atoms with Crippen LogP contribution in [-0.2, 0) is 6.54 Å².